The second kappa shape index (κ2) is 6.04. The lowest BCUT2D eigenvalue weighted by atomic mass is 10.1. The van der Waals surface area contributed by atoms with Crippen molar-refractivity contribution in [1.82, 2.24) is 14.6 Å². The van der Waals surface area contributed by atoms with Gasteiger partial charge >= 0.3 is 0 Å². The number of hydrogen-bond acceptors (Lipinski definition) is 4. The first kappa shape index (κ1) is 14.5. The SMILES string of the molecule is CNCc1cc(S(=O)(=O)NC2CCCOC2)cn1C. The topological polar surface area (TPSA) is 72.4 Å². The number of aromatic nitrogens is 1. The summed E-state index contributed by atoms with van der Waals surface area (Å²) in [5.41, 5.74) is 0.933. The van der Waals surface area contributed by atoms with Crippen LogP contribution in [0, 0.1) is 0 Å². The lowest BCUT2D eigenvalue weighted by Gasteiger charge is -2.22. The molecule has 108 valence electrons. The minimum absolute atomic E-state index is 0.119. The summed E-state index contributed by atoms with van der Waals surface area (Å²) >= 11 is 0. The van der Waals surface area contributed by atoms with Gasteiger partial charge in [-0.2, -0.15) is 0 Å². The van der Waals surface area contributed by atoms with Crippen LogP contribution in [0.2, 0.25) is 0 Å². The van der Waals surface area contributed by atoms with E-state index in [1.807, 2.05) is 18.7 Å². The third kappa shape index (κ3) is 3.56. The van der Waals surface area contributed by atoms with Gasteiger partial charge in [-0.15, -0.1) is 0 Å². The highest BCUT2D eigenvalue weighted by molar-refractivity contribution is 7.89. The summed E-state index contributed by atoms with van der Waals surface area (Å²) in [7, 11) is 0.216. The molecule has 0 saturated carbocycles. The van der Waals surface area contributed by atoms with Crippen molar-refractivity contribution in [2.75, 3.05) is 20.3 Å². The van der Waals surface area contributed by atoms with E-state index in [1.54, 1.807) is 12.3 Å². The average molecular weight is 287 g/mol. The number of hydrogen-bond donors (Lipinski definition) is 2. The van der Waals surface area contributed by atoms with Gasteiger partial charge in [-0.05, 0) is 26.0 Å². The van der Waals surface area contributed by atoms with E-state index in [4.69, 9.17) is 4.74 Å². The number of aryl methyl sites for hydroxylation is 1. The molecule has 0 aliphatic carbocycles. The smallest absolute Gasteiger partial charge is 0.242 e. The maximum absolute atomic E-state index is 12.3. The molecule has 1 atom stereocenters. The van der Waals surface area contributed by atoms with Crippen molar-refractivity contribution in [3.8, 4) is 0 Å². The van der Waals surface area contributed by atoms with Gasteiger partial charge < -0.3 is 14.6 Å². The molecule has 1 aromatic heterocycles. The van der Waals surface area contributed by atoms with Gasteiger partial charge in [0, 0.05) is 38.1 Å². The van der Waals surface area contributed by atoms with Gasteiger partial charge in [0.1, 0.15) is 0 Å². The zero-order chi connectivity index (χ0) is 13.9. The summed E-state index contributed by atoms with van der Waals surface area (Å²) in [6.45, 7) is 1.81. The van der Waals surface area contributed by atoms with Crippen LogP contribution in [0.3, 0.4) is 0 Å². The molecule has 19 heavy (non-hydrogen) atoms. The number of nitrogens with one attached hydrogen (secondary N) is 2. The Bertz CT molecular complexity index is 518. The molecular formula is C12H21N3O3S. The van der Waals surface area contributed by atoms with Crippen molar-refractivity contribution < 1.29 is 13.2 Å². The third-order valence-electron chi connectivity index (χ3n) is 3.23. The van der Waals surface area contributed by atoms with Crippen LogP contribution in [-0.4, -0.2) is 39.3 Å². The summed E-state index contributed by atoms with van der Waals surface area (Å²) in [6, 6.07) is 1.58. The predicted molar refractivity (Wildman–Crippen MR) is 72.3 cm³/mol. The van der Waals surface area contributed by atoms with E-state index in [0.29, 0.717) is 18.0 Å². The molecule has 2 heterocycles. The number of rotatable bonds is 5. The average Bonchev–Trinajstić information content (AvgIpc) is 2.73. The highest BCUT2D eigenvalue weighted by atomic mass is 32.2. The maximum Gasteiger partial charge on any atom is 0.242 e. The van der Waals surface area contributed by atoms with Gasteiger partial charge in [-0.25, -0.2) is 13.1 Å². The molecule has 0 amide bonds. The Morgan fingerprint density at radius 2 is 2.32 bits per heavy atom. The molecule has 0 bridgehead atoms. The minimum Gasteiger partial charge on any atom is -0.380 e. The molecule has 2 N–H and O–H groups in total. The van der Waals surface area contributed by atoms with Crippen molar-refractivity contribution in [3.63, 3.8) is 0 Å². The molecule has 1 fully saturated rings. The van der Waals surface area contributed by atoms with Crippen LogP contribution in [0.15, 0.2) is 17.2 Å². The van der Waals surface area contributed by atoms with Crippen LogP contribution in [0.1, 0.15) is 18.5 Å². The van der Waals surface area contributed by atoms with Crippen LogP contribution in [-0.2, 0) is 28.4 Å². The third-order valence-corrected chi connectivity index (χ3v) is 4.72. The highest BCUT2D eigenvalue weighted by Gasteiger charge is 2.23. The largest absolute Gasteiger partial charge is 0.380 e. The summed E-state index contributed by atoms with van der Waals surface area (Å²) in [4.78, 5) is 0.311. The van der Waals surface area contributed by atoms with Crippen LogP contribution in [0.4, 0.5) is 0 Å². The molecule has 1 aliphatic heterocycles. The number of nitrogens with zero attached hydrogens (tertiary/aromatic N) is 1. The lowest BCUT2D eigenvalue weighted by Crippen LogP contribution is -2.40. The van der Waals surface area contributed by atoms with Crippen molar-refractivity contribution in [3.05, 3.63) is 18.0 Å². The van der Waals surface area contributed by atoms with Crippen LogP contribution in [0.5, 0.6) is 0 Å². The van der Waals surface area contributed by atoms with Crippen LogP contribution >= 0.6 is 0 Å². The zero-order valence-corrected chi connectivity index (χ0v) is 12.2. The van der Waals surface area contributed by atoms with Gasteiger partial charge in [0.25, 0.3) is 0 Å². The number of sulfonamides is 1. The van der Waals surface area contributed by atoms with E-state index in [9.17, 15) is 8.42 Å². The second-order valence-electron chi connectivity index (χ2n) is 4.84. The molecule has 1 aliphatic rings. The van der Waals surface area contributed by atoms with Gasteiger partial charge in [0.2, 0.25) is 10.0 Å². The monoisotopic (exact) mass is 287 g/mol. The predicted octanol–water partition coefficient (Wildman–Crippen LogP) is 0.202. The molecule has 0 aromatic carbocycles. The lowest BCUT2D eigenvalue weighted by molar-refractivity contribution is 0.0774. The first-order valence-electron chi connectivity index (χ1n) is 6.43. The van der Waals surface area contributed by atoms with E-state index >= 15 is 0 Å². The van der Waals surface area contributed by atoms with Crippen molar-refractivity contribution >= 4 is 10.0 Å². The normalized spacial score (nSPS) is 20.6. The van der Waals surface area contributed by atoms with E-state index in [2.05, 4.69) is 10.0 Å². The highest BCUT2D eigenvalue weighted by Crippen LogP contribution is 2.15. The van der Waals surface area contributed by atoms with E-state index in [1.165, 1.54) is 0 Å². The summed E-state index contributed by atoms with van der Waals surface area (Å²) in [6.07, 6.45) is 3.36. The van der Waals surface area contributed by atoms with Crippen molar-refractivity contribution in [1.29, 1.82) is 0 Å². The van der Waals surface area contributed by atoms with Gasteiger partial charge in [-0.3, -0.25) is 0 Å². The summed E-state index contributed by atoms with van der Waals surface area (Å²) in [5.74, 6) is 0. The summed E-state index contributed by atoms with van der Waals surface area (Å²) in [5, 5.41) is 3.01. The molecule has 1 aromatic rings. The fourth-order valence-corrected chi connectivity index (χ4v) is 3.55. The Morgan fingerprint density at radius 1 is 1.53 bits per heavy atom. The number of ether oxygens (including phenoxy) is 1. The summed E-state index contributed by atoms with van der Waals surface area (Å²) < 4.78 is 34.4. The van der Waals surface area contributed by atoms with E-state index in [0.717, 1.165) is 25.1 Å². The standard InChI is InChI=1S/C12H21N3O3S/c1-13-7-11-6-12(8-15(11)2)19(16,17)14-10-4-3-5-18-9-10/h6,8,10,13-14H,3-5,7,9H2,1-2H3. The Kier molecular flexibility index (Phi) is 4.62. The fraction of sp³-hybridized carbons (Fsp3) is 0.667. The zero-order valence-electron chi connectivity index (χ0n) is 11.3. The van der Waals surface area contributed by atoms with Crippen molar-refractivity contribution in [2.45, 2.75) is 30.3 Å². The van der Waals surface area contributed by atoms with Gasteiger partial charge in [0.05, 0.1) is 11.5 Å². The Balaban J connectivity index is 2.12. The first-order chi connectivity index (χ1) is 9.03. The molecular weight excluding hydrogens is 266 g/mol. The van der Waals surface area contributed by atoms with Crippen LogP contribution in [0.25, 0.3) is 0 Å². The molecule has 0 radical (unpaired) electrons. The molecule has 2 rings (SSSR count). The molecule has 1 unspecified atom stereocenters. The molecule has 6 nitrogen and oxygen atoms in total. The van der Waals surface area contributed by atoms with Gasteiger partial charge in [0.15, 0.2) is 0 Å². The maximum atomic E-state index is 12.3. The molecule has 7 heteroatoms. The van der Waals surface area contributed by atoms with Gasteiger partial charge in [-0.1, -0.05) is 0 Å². The van der Waals surface area contributed by atoms with E-state index in [-0.39, 0.29) is 6.04 Å². The molecule has 1 saturated heterocycles. The second-order valence-corrected chi connectivity index (χ2v) is 6.56. The first-order valence-corrected chi connectivity index (χ1v) is 7.91. The minimum atomic E-state index is -3.46. The Labute approximate surface area is 114 Å². The molecule has 0 spiro atoms. The van der Waals surface area contributed by atoms with Crippen LogP contribution < -0.4 is 10.0 Å². The Hall–Kier alpha value is -0.890. The van der Waals surface area contributed by atoms with Crippen molar-refractivity contribution in [2.24, 2.45) is 7.05 Å². The quantitative estimate of drug-likeness (QED) is 0.811. The fourth-order valence-electron chi connectivity index (χ4n) is 2.20. The van der Waals surface area contributed by atoms with E-state index < -0.39 is 10.0 Å². The Morgan fingerprint density at radius 3 is 2.95 bits per heavy atom.